The molecule has 0 aromatic carbocycles. The molecule has 0 amide bonds. The van der Waals surface area contributed by atoms with Crippen LogP contribution in [0.1, 0.15) is 34.1 Å². The number of hydrogen-bond donors (Lipinski definition) is 1. The Labute approximate surface area is 109 Å². The van der Waals surface area contributed by atoms with Crippen molar-refractivity contribution in [2.75, 3.05) is 31.1 Å². The SMILES string of the molecule is CCC1CN(CCS(=O)CC)C(C(C)C)CN1. The van der Waals surface area contributed by atoms with E-state index in [1.165, 1.54) is 6.42 Å². The van der Waals surface area contributed by atoms with Crippen LogP contribution in [0.3, 0.4) is 0 Å². The fraction of sp³-hybridized carbons (Fsp3) is 1.00. The van der Waals surface area contributed by atoms with E-state index in [1.807, 2.05) is 6.92 Å². The summed E-state index contributed by atoms with van der Waals surface area (Å²) in [5.41, 5.74) is 0. The van der Waals surface area contributed by atoms with Gasteiger partial charge in [-0.2, -0.15) is 0 Å². The van der Waals surface area contributed by atoms with E-state index in [2.05, 4.69) is 31.0 Å². The van der Waals surface area contributed by atoms with Crippen LogP contribution in [0.5, 0.6) is 0 Å². The summed E-state index contributed by atoms with van der Waals surface area (Å²) in [6, 6.07) is 1.21. The van der Waals surface area contributed by atoms with Crippen molar-refractivity contribution in [1.82, 2.24) is 10.2 Å². The standard InChI is InChI=1S/C13H28N2OS/c1-5-12-10-15(7-8-17(16)6-2)13(9-14-12)11(3)4/h11-14H,5-10H2,1-4H3. The summed E-state index contributed by atoms with van der Waals surface area (Å²) in [7, 11) is -0.632. The lowest BCUT2D eigenvalue weighted by Crippen LogP contribution is -2.58. The molecule has 1 heterocycles. The van der Waals surface area contributed by atoms with Crippen LogP contribution in [0.4, 0.5) is 0 Å². The highest BCUT2D eigenvalue weighted by Crippen LogP contribution is 2.16. The number of nitrogens with one attached hydrogen (secondary N) is 1. The Morgan fingerprint density at radius 3 is 2.65 bits per heavy atom. The molecule has 1 fully saturated rings. The molecule has 1 N–H and O–H groups in total. The lowest BCUT2D eigenvalue weighted by Gasteiger charge is -2.42. The molecule has 1 aliphatic rings. The van der Waals surface area contributed by atoms with E-state index in [0.29, 0.717) is 18.0 Å². The summed E-state index contributed by atoms with van der Waals surface area (Å²) in [5, 5.41) is 3.61. The molecule has 0 aromatic heterocycles. The second-order valence-electron chi connectivity index (χ2n) is 5.25. The van der Waals surface area contributed by atoms with Crippen molar-refractivity contribution in [3.63, 3.8) is 0 Å². The molecule has 0 saturated carbocycles. The normalized spacial score (nSPS) is 28.5. The second kappa shape index (κ2) is 7.49. The molecule has 0 spiro atoms. The average Bonchev–Trinajstić information content (AvgIpc) is 2.35. The maximum Gasteiger partial charge on any atom is 0.0362 e. The van der Waals surface area contributed by atoms with Crippen LogP contribution >= 0.6 is 0 Å². The van der Waals surface area contributed by atoms with E-state index < -0.39 is 10.8 Å². The molecule has 17 heavy (non-hydrogen) atoms. The molecule has 3 nitrogen and oxygen atoms in total. The third kappa shape index (κ3) is 4.68. The van der Waals surface area contributed by atoms with E-state index in [4.69, 9.17) is 0 Å². The van der Waals surface area contributed by atoms with Crippen molar-refractivity contribution < 1.29 is 4.21 Å². The zero-order valence-corrected chi connectivity index (χ0v) is 12.6. The Morgan fingerprint density at radius 1 is 1.41 bits per heavy atom. The van der Waals surface area contributed by atoms with Gasteiger partial charge in [0.2, 0.25) is 0 Å². The van der Waals surface area contributed by atoms with Crippen molar-refractivity contribution >= 4 is 10.8 Å². The minimum absolute atomic E-state index is 0.603. The zero-order chi connectivity index (χ0) is 12.8. The van der Waals surface area contributed by atoms with Gasteiger partial charge in [-0.25, -0.2) is 0 Å². The summed E-state index contributed by atoms with van der Waals surface area (Å²) in [6.45, 7) is 12.0. The Kier molecular flexibility index (Phi) is 6.67. The molecular formula is C13H28N2OS. The van der Waals surface area contributed by atoms with Gasteiger partial charge in [-0.05, 0) is 12.3 Å². The minimum Gasteiger partial charge on any atom is -0.311 e. The van der Waals surface area contributed by atoms with Crippen LogP contribution < -0.4 is 5.32 Å². The van der Waals surface area contributed by atoms with Crippen LogP contribution in [0.15, 0.2) is 0 Å². The van der Waals surface area contributed by atoms with Crippen molar-refractivity contribution in [2.45, 2.75) is 46.2 Å². The van der Waals surface area contributed by atoms with Gasteiger partial charge in [0.05, 0.1) is 0 Å². The number of nitrogens with zero attached hydrogens (tertiary/aromatic N) is 1. The van der Waals surface area contributed by atoms with Gasteiger partial charge in [0, 0.05) is 54.0 Å². The molecule has 0 radical (unpaired) electrons. The van der Waals surface area contributed by atoms with Crippen molar-refractivity contribution in [3.05, 3.63) is 0 Å². The molecule has 1 aliphatic heterocycles. The first kappa shape index (κ1) is 15.1. The summed E-state index contributed by atoms with van der Waals surface area (Å²) in [5.74, 6) is 2.28. The van der Waals surface area contributed by atoms with Gasteiger partial charge in [-0.15, -0.1) is 0 Å². The fourth-order valence-corrected chi connectivity index (χ4v) is 3.18. The number of rotatable bonds is 6. The summed E-state index contributed by atoms with van der Waals surface area (Å²) >= 11 is 0. The molecule has 1 rings (SSSR count). The summed E-state index contributed by atoms with van der Waals surface area (Å²) in [4.78, 5) is 2.54. The quantitative estimate of drug-likeness (QED) is 0.785. The lowest BCUT2D eigenvalue weighted by atomic mass is 9.98. The molecule has 102 valence electrons. The van der Waals surface area contributed by atoms with Gasteiger partial charge >= 0.3 is 0 Å². The van der Waals surface area contributed by atoms with Crippen LogP contribution in [0.2, 0.25) is 0 Å². The molecule has 3 atom stereocenters. The van der Waals surface area contributed by atoms with Gasteiger partial charge < -0.3 is 5.32 Å². The summed E-state index contributed by atoms with van der Waals surface area (Å²) < 4.78 is 11.6. The minimum atomic E-state index is -0.632. The second-order valence-corrected chi connectivity index (χ2v) is 7.12. The highest BCUT2D eigenvalue weighted by atomic mass is 32.2. The van der Waals surface area contributed by atoms with Gasteiger partial charge in [0.15, 0.2) is 0 Å². The maximum atomic E-state index is 11.6. The first-order valence-electron chi connectivity index (χ1n) is 6.90. The topological polar surface area (TPSA) is 32.3 Å². The summed E-state index contributed by atoms with van der Waals surface area (Å²) in [6.07, 6.45) is 1.18. The zero-order valence-electron chi connectivity index (χ0n) is 11.7. The molecule has 0 aliphatic carbocycles. The maximum absolute atomic E-state index is 11.6. The van der Waals surface area contributed by atoms with Gasteiger partial charge in [-0.1, -0.05) is 27.7 Å². The molecule has 3 unspecified atom stereocenters. The van der Waals surface area contributed by atoms with E-state index >= 15 is 0 Å². The molecule has 0 bridgehead atoms. The Morgan fingerprint density at radius 2 is 2.12 bits per heavy atom. The van der Waals surface area contributed by atoms with Crippen molar-refractivity contribution in [2.24, 2.45) is 5.92 Å². The third-order valence-electron chi connectivity index (χ3n) is 3.73. The van der Waals surface area contributed by atoms with Crippen LogP contribution in [-0.4, -0.2) is 52.3 Å². The smallest absolute Gasteiger partial charge is 0.0362 e. The van der Waals surface area contributed by atoms with E-state index in [1.54, 1.807) is 0 Å². The first-order chi connectivity index (χ1) is 8.08. The van der Waals surface area contributed by atoms with Gasteiger partial charge in [-0.3, -0.25) is 9.11 Å². The predicted molar refractivity (Wildman–Crippen MR) is 75.8 cm³/mol. The van der Waals surface area contributed by atoms with E-state index in [-0.39, 0.29) is 0 Å². The monoisotopic (exact) mass is 260 g/mol. The molecular weight excluding hydrogens is 232 g/mol. The van der Waals surface area contributed by atoms with E-state index in [0.717, 1.165) is 31.1 Å². The van der Waals surface area contributed by atoms with Gasteiger partial charge in [0.25, 0.3) is 0 Å². The van der Waals surface area contributed by atoms with Crippen LogP contribution in [0.25, 0.3) is 0 Å². The first-order valence-corrected chi connectivity index (χ1v) is 8.39. The lowest BCUT2D eigenvalue weighted by molar-refractivity contribution is 0.104. The highest BCUT2D eigenvalue weighted by Gasteiger charge is 2.28. The third-order valence-corrected chi connectivity index (χ3v) is 5.01. The number of hydrogen-bond acceptors (Lipinski definition) is 3. The highest BCUT2D eigenvalue weighted by molar-refractivity contribution is 7.84. The van der Waals surface area contributed by atoms with Crippen molar-refractivity contribution in [1.29, 1.82) is 0 Å². The number of piperazine rings is 1. The Balaban J connectivity index is 2.51. The Bertz CT molecular complexity index is 246. The fourth-order valence-electron chi connectivity index (χ4n) is 2.45. The van der Waals surface area contributed by atoms with Crippen LogP contribution in [0, 0.1) is 5.92 Å². The Hall–Kier alpha value is 0.0700. The molecule has 1 saturated heterocycles. The van der Waals surface area contributed by atoms with Crippen molar-refractivity contribution in [3.8, 4) is 0 Å². The average molecular weight is 260 g/mol. The van der Waals surface area contributed by atoms with E-state index in [9.17, 15) is 4.21 Å². The van der Waals surface area contributed by atoms with Crippen LogP contribution in [-0.2, 0) is 10.8 Å². The van der Waals surface area contributed by atoms with Gasteiger partial charge in [0.1, 0.15) is 0 Å². The molecule has 4 heteroatoms. The largest absolute Gasteiger partial charge is 0.311 e. The molecule has 0 aromatic rings. The predicted octanol–water partition coefficient (Wildman–Crippen LogP) is 1.46.